The van der Waals surface area contributed by atoms with Crippen LogP contribution in [0.1, 0.15) is 21.1 Å². The number of carbonyl (C=O) groups excluding carboxylic acids is 1. The molecule has 0 bridgehead atoms. The average Bonchev–Trinajstić information content (AvgIpc) is 2.77. The van der Waals surface area contributed by atoms with Gasteiger partial charge in [0.25, 0.3) is 5.91 Å². The zero-order valence-electron chi connectivity index (χ0n) is 9.30. The highest BCUT2D eigenvalue weighted by Crippen LogP contribution is 2.12. The van der Waals surface area contributed by atoms with Gasteiger partial charge in [-0.25, -0.2) is 4.98 Å². The maximum absolute atomic E-state index is 11.8. The predicted octanol–water partition coefficient (Wildman–Crippen LogP) is 1.56. The first-order chi connectivity index (χ1) is 8.19. The molecule has 0 unspecified atom stereocenters. The molecule has 2 aromatic rings. The zero-order chi connectivity index (χ0) is 12.3. The second-order valence-corrected chi connectivity index (χ2v) is 4.48. The van der Waals surface area contributed by atoms with E-state index < -0.39 is 0 Å². The smallest absolute Gasteiger partial charge is 0.275 e. The summed E-state index contributed by atoms with van der Waals surface area (Å²) in [5, 5.41) is 5.18. The maximum Gasteiger partial charge on any atom is 0.275 e. The van der Waals surface area contributed by atoms with Crippen LogP contribution in [0.5, 0.6) is 0 Å². The number of hydrogen-bond acceptors (Lipinski definition) is 5. The molecule has 0 atom stereocenters. The monoisotopic (exact) mass is 248 g/mol. The number of hydrogen-bond donors (Lipinski definition) is 2. The highest BCUT2D eigenvalue weighted by atomic mass is 32.1. The minimum atomic E-state index is -0.242. The molecule has 5 nitrogen and oxygen atoms in total. The van der Waals surface area contributed by atoms with Gasteiger partial charge < -0.3 is 11.1 Å². The molecule has 0 radical (unpaired) electrons. The molecule has 1 amide bonds. The first-order valence-corrected chi connectivity index (χ1v) is 5.94. The lowest BCUT2D eigenvalue weighted by atomic mass is 10.3. The van der Waals surface area contributed by atoms with Gasteiger partial charge in [0.1, 0.15) is 10.7 Å². The lowest BCUT2D eigenvalue weighted by Crippen LogP contribution is -2.13. The van der Waals surface area contributed by atoms with Crippen molar-refractivity contribution in [1.29, 1.82) is 0 Å². The Morgan fingerprint density at radius 3 is 3.00 bits per heavy atom. The second kappa shape index (κ2) is 5.03. The lowest BCUT2D eigenvalue weighted by Gasteiger charge is -2.02. The number of aromatic nitrogens is 2. The van der Waals surface area contributed by atoms with Crippen LogP contribution >= 0.6 is 11.3 Å². The van der Waals surface area contributed by atoms with E-state index in [1.807, 2.05) is 13.0 Å². The Morgan fingerprint density at radius 1 is 1.53 bits per heavy atom. The standard InChI is InChI=1S/C11H12N4OS/c1-7-2-8(5-13-4-7)14-11(16)9-6-17-10(3-12)15-9/h2,4-6H,3,12H2,1H3,(H,14,16). The van der Waals surface area contributed by atoms with Gasteiger partial charge in [-0.1, -0.05) is 0 Å². The van der Waals surface area contributed by atoms with E-state index in [4.69, 9.17) is 5.73 Å². The Balaban J connectivity index is 2.11. The van der Waals surface area contributed by atoms with Crippen molar-refractivity contribution in [1.82, 2.24) is 9.97 Å². The van der Waals surface area contributed by atoms with Crippen molar-refractivity contribution in [3.63, 3.8) is 0 Å². The molecule has 88 valence electrons. The van der Waals surface area contributed by atoms with Crippen LogP contribution in [0.15, 0.2) is 23.8 Å². The van der Waals surface area contributed by atoms with Crippen molar-refractivity contribution in [2.75, 3.05) is 5.32 Å². The van der Waals surface area contributed by atoms with Gasteiger partial charge in [0, 0.05) is 18.1 Å². The van der Waals surface area contributed by atoms with E-state index in [0.29, 0.717) is 17.9 Å². The van der Waals surface area contributed by atoms with E-state index in [2.05, 4.69) is 15.3 Å². The normalized spacial score (nSPS) is 10.2. The Bertz CT molecular complexity index is 538. The van der Waals surface area contributed by atoms with Gasteiger partial charge in [0.05, 0.1) is 11.9 Å². The average molecular weight is 248 g/mol. The molecular weight excluding hydrogens is 236 g/mol. The van der Waals surface area contributed by atoms with Crippen molar-refractivity contribution in [2.24, 2.45) is 5.73 Å². The summed E-state index contributed by atoms with van der Waals surface area (Å²) in [5.41, 5.74) is 7.48. The second-order valence-electron chi connectivity index (χ2n) is 3.54. The zero-order valence-corrected chi connectivity index (χ0v) is 10.1. The van der Waals surface area contributed by atoms with Crippen molar-refractivity contribution < 1.29 is 4.79 Å². The highest BCUT2D eigenvalue weighted by Gasteiger charge is 2.10. The molecule has 0 spiro atoms. The molecule has 2 heterocycles. The quantitative estimate of drug-likeness (QED) is 0.863. The van der Waals surface area contributed by atoms with Crippen LogP contribution < -0.4 is 11.1 Å². The van der Waals surface area contributed by atoms with E-state index in [1.54, 1.807) is 17.8 Å². The number of nitrogens with two attached hydrogens (primary N) is 1. The first-order valence-electron chi connectivity index (χ1n) is 5.06. The fraction of sp³-hybridized carbons (Fsp3) is 0.182. The summed E-state index contributed by atoms with van der Waals surface area (Å²) >= 11 is 1.38. The van der Waals surface area contributed by atoms with Crippen LogP contribution in [0.25, 0.3) is 0 Å². The van der Waals surface area contributed by atoms with Crippen LogP contribution in [0.2, 0.25) is 0 Å². The molecule has 0 fully saturated rings. The Hall–Kier alpha value is -1.79. The third kappa shape index (κ3) is 2.86. The molecule has 0 aliphatic heterocycles. The van der Waals surface area contributed by atoms with Crippen LogP contribution in [-0.4, -0.2) is 15.9 Å². The van der Waals surface area contributed by atoms with Gasteiger partial charge in [0.15, 0.2) is 0 Å². The third-order valence-corrected chi connectivity index (χ3v) is 2.96. The minimum Gasteiger partial charge on any atom is -0.325 e. The van der Waals surface area contributed by atoms with Crippen molar-refractivity contribution in [2.45, 2.75) is 13.5 Å². The maximum atomic E-state index is 11.8. The molecule has 0 saturated carbocycles. The number of aryl methyl sites for hydroxylation is 1. The van der Waals surface area contributed by atoms with Crippen LogP contribution in [-0.2, 0) is 6.54 Å². The van der Waals surface area contributed by atoms with E-state index in [-0.39, 0.29) is 5.91 Å². The van der Waals surface area contributed by atoms with Gasteiger partial charge in [-0.3, -0.25) is 9.78 Å². The summed E-state index contributed by atoms with van der Waals surface area (Å²) in [6, 6.07) is 1.85. The largest absolute Gasteiger partial charge is 0.325 e. The number of thiazole rings is 1. The molecule has 3 N–H and O–H groups in total. The molecule has 17 heavy (non-hydrogen) atoms. The van der Waals surface area contributed by atoms with Gasteiger partial charge in [-0.2, -0.15) is 0 Å². The molecule has 2 rings (SSSR count). The van der Waals surface area contributed by atoms with E-state index in [9.17, 15) is 4.79 Å². The topological polar surface area (TPSA) is 80.9 Å². The summed E-state index contributed by atoms with van der Waals surface area (Å²) in [6.07, 6.45) is 3.33. The Labute approximate surface area is 103 Å². The van der Waals surface area contributed by atoms with Gasteiger partial charge in [0.2, 0.25) is 0 Å². The summed E-state index contributed by atoms with van der Waals surface area (Å²) in [4.78, 5) is 19.9. The SMILES string of the molecule is Cc1cncc(NC(=O)c2csc(CN)n2)c1. The van der Waals surface area contributed by atoms with E-state index in [0.717, 1.165) is 10.6 Å². The molecule has 6 heteroatoms. The van der Waals surface area contributed by atoms with Crippen LogP contribution in [0.4, 0.5) is 5.69 Å². The van der Waals surface area contributed by atoms with Gasteiger partial charge in [-0.05, 0) is 18.6 Å². The fourth-order valence-electron chi connectivity index (χ4n) is 1.33. The predicted molar refractivity (Wildman–Crippen MR) is 66.9 cm³/mol. The summed E-state index contributed by atoms with van der Waals surface area (Å²) in [5.74, 6) is -0.242. The number of nitrogens with one attached hydrogen (secondary N) is 1. The van der Waals surface area contributed by atoms with Crippen molar-refractivity contribution in [3.05, 3.63) is 40.1 Å². The third-order valence-electron chi connectivity index (χ3n) is 2.09. The molecule has 2 aromatic heterocycles. The number of amides is 1. The first kappa shape index (κ1) is 11.7. The van der Waals surface area contributed by atoms with Gasteiger partial charge >= 0.3 is 0 Å². The van der Waals surface area contributed by atoms with E-state index >= 15 is 0 Å². The Kier molecular flexibility index (Phi) is 3.46. The molecule has 0 aliphatic rings. The van der Waals surface area contributed by atoms with E-state index in [1.165, 1.54) is 11.3 Å². The van der Waals surface area contributed by atoms with Crippen molar-refractivity contribution in [3.8, 4) is 0 Å². The molecule has 0 aliphatic carbocycles. The number of pyridine rings is 1. The van der Waals surface area contributed by atoms with Gasteiger partial charge in [-0.15, -0.1) is 11.3 Å². The summed E-state index contributed by atoms with van der Waals surface area (Å²) in [7, 11) is 0. The summed E-state index contributed by atoms with van der Waals surface area (Å²) in [6.45, 7) is 2.27. The van der Waals surface area contributed by atoms with Crippen molar-refractivity contribution >= 4 is 22.9 Å². The molecular formula is C11H12N4OS. The Morgan fingerprint density at radius 2 is 2.35 bits per heavy atom. The number of rotatable bonds is 3. The number of anilines is 1. The number of carbonyl (C=O) groups is 1. The van der Waals surface area contributed by atoms with Crippen LogP contribution in [0.3, 0.4) is 0 Å². The van der Waals surface area contributed by atoms with Crippen LogP contribution in [0, 0.1) is 6.92 Å². The fourth-order valence-corrected chi connectivity index (χ4v) is 1.98. The minimum absolute atomic E-state index is 0.242. The molecule has 0 saturated heterocycles. The number of nitrogens with zero attached hydrogens (tertiary/aromatic N) is 2. The summed E-state index contributed by atoms with van der Waals surface area (Å²) < 4.78 is 0. The molecule has 0 aromatic carbocycles. The lowest BCUT2D eigenvalue weighted by molar-refractivity contribution is 0.102. The highest BCUT2D eigenvalue weighted by molar-refractivity contribution is 7.09.